The summed E-state index contributed by atoms with van der Waals surface area (Å²) in [5.74, 6) is -0.952. The van der Waals surface area contributed by atoms with Crippen LogP contribution in [-0.4, -0.2) is 60.5 Å². The van der Waals surface area contributed by atoms with Crippen LogP contribution < -0.4 is 0 Å². The fourth-order valence-electron chi connectivity index (χ4n) is 1.21. The fourth-order valence-corrected chi connectivity index (χ4v) is 1.21. The van der Waals surface area contributed by atoms with Gasteiger partial charge in [-0.15, -0.1) is 0 Å². The van der Waals surface area contributed by atoms with Gasteiger partial charge in [-0.1, -0.05) is 24.8 Å². The number of benzene rings is 1. The second-order valence-electron chi connectivity index (χ2n) is 3.05. The van der Waals surface area contributed by atoms with Gasteiger partial charge in [0.05, 0.1) is 12.2 Å². The van der Waals surface area contributed by atoms with Crippen molar-refractivity contribution in [2.24, 2.45) is 0 Å². The third kappa shape index (κ3) is 4.34. The van der Waals surface area contributed by atoms with Crippen LogP contribution in [0, 0.1) is 0 Å². The Balaban J connectivity index is 0.00000196. The number of aliphatic hydroxyl groups is 1. The van der Waals surface area contributed by atoms with Gasteiger partial charge in [-0.05, 0) is 23.6 Å². The Bertz CT molecular complexity index is 361. The molecule has 0 aliphatic rings. The molecule has 1 aromatic rings. The van der Waals surface area contributed by atoms with E-state index in [9.17, 15) is 4.79 Å². The molecule has 15 heavy (non-hydrogen) atoms. The first-order valence-corrected chi connectivity index (χ1v) is 4.24. The van der Waals surface area contributed by atoms with E-state index in [1.54, 1.807) is 24.3 Å². The van der Waals surface area contributed by atoms with E-state index in [0.29, 0.717) is 17.6 Å². The van der Waals surface area contributed by atoms with Gasteiger partial charge in [0.15, 0.2) is 0 Å². The van der Waals surface area contributed by atoms with Gasteiger partial charge >= 0.3 is 43.7 Å². The number of aliphatic hydroxyl groups excluding tert-OH is 1. The van der Waals surface area contributed by atoms with Crippen LogP contribution >= 0.6 is 0 Å². The minimum atomic E-state index is -0.952. The summed E-state index contributed by atoms with van der Waals surface area (Å²) in [7, 11) is 0. The summed E-state index contributed by atoms with van der Waals surface area (Å²) in [4.78, 5) is 10.8. The van der Waals surface area contributed by atoms with Gasteiger partial charge in [0.2, 0.25) is 0 Å². The van der Waals surface area contributed by atoms with Crippen molar-refractivity contribution in [3.63, 3.8) is 0 Å². The molecule has 0 fully saturated rings. The first-order valence-electron chi connectivity index (χ1n) is 4.24. The zero-order valence-corrected chi connectivity index (χ0v) is 7.73. The van der Waals surface area contributed by atoms with E-state index < -0.39 is 5.97 Å². The Morgan fingerprint density at radius 1 is 1.33 bits per heavy atom. The minimum absolute atomic E-state index is 0. The molecule has 0 aromatic heterocycles. The summed E-state index contributed by atoms with van der Waals surface area (Å²) in [5, 5.41) is 17.6. The van der Waals surface area contributed by atoms with Gasteiger partial charge in [0.25, 0.3) is 0 Å². The molecule has 3 nitrogen and oxygen atoms in total. The molecule has 4 heteroatoms. The zero-order valence-electron chi connectivity index (χ0n) is 7.73. The van der Waals surface area contributed by atoms with Crippen molar-refractivity contribution in [3.8, 4) is 0 Å². The zero-order chi connectivity index (χ0) is 10.6. The second kappa shape index (κ2) is 7.01. The molecule has 0 amide bonds. The van der Waals surface area contributed by atoms with E-state index in [1.165, 1.54) is 0 Å². The number of carboxylic acids is 1. The molecule has 1 rings (SSSR count). The van der Waals surface area contributed by atoms with Crippen LogP contribution in [0.15, 0.2) is 36.4 Å². The van der Waals surface area contributed by atoms with Crippen LogP contribution in [0.5, 0.6) is 0 Å². The molecular weight excluding hydrogens is 220 g/mol. The Morgan fingerprint density at radius 3 is 2.47 bits per heavy atom. The van der Waals surface area contributed by atoms with Crippen molar-refractivity contribution in [3.05, 3.63) is 47.5 Å². The molecule has 1 aromatic carbocycles. The monoisotopic (exact) mass is 234 g/mol. The number of rotatable bonds is 4. The summed E-state index contributed by atoms with van der Waals surface area (Å²) >= 11 is 0. The second-order valence-corrected chi connectivity index (χ2v) is 3.05. The summed E-state index contributed by atoms with van der Waals surface area (Å²) < 4.78 is 0. The normalized spacial score (nSPS) is 9.13. The maximum atomic E-state index is 10.8. The molecule has 0 unspecified atom stereocenters. The Labute approximate surface area is 118 Å². The number of carbonyl (C=O) groups is 1. The van der Waals surface area contributed by atoms with Crippen molar-refractivity contribution in [2.75, 3.05) is 6.61 Å². The number of hydrogen-bond acceptors (Lipinski definition) is 2. The summed E-state index contributed by atoms with van der Waals surface area (Å²) in [6.07, 6.45) is 0.402. The average Bonchev–Trinajstić information content (AvgIpc) is 2.18. The topological polar surface area (TPSA) is 57.5 Å². The SMILES string of the molecule is C=C(CO)Cc1ccccc1C(=O)O.[CaH2]. The van der Waals surface area contributed by atoms with Gasteiger partial charge in [-0.3, -0.25) is 0 Å². The first-order chi connectivity index (χ1) is 6.65. The summed E-state index contributed by atoms with van der Waals surface area (Å²) in [6.45, 7) is 3.51. The van der Waals surface area contributed by atoms with Crippen molar-refractivity contribution < 1.29 is 15.0 Å². The van der Waals surface area contributed by atoms with Crippen LogP contribution in [0.1, 0.15) is 15.9 Å². The average molecular weight is 234 g/mol. The van der Waals surface area contributed by atoms with E-state index in [-0.39, 0.29) is 49.9 Å². The molecule has 0 spiro atoms. The number of carboxylic acid groups (broad SMARTS) is 1. The van der Waals surface area contributed by atoms with E-state index in [1.807, 2.05) is 0 Å². The first kappa shape index (κ1) is 14.6. The Kier molecular flexibility index (Phi) is 6.85. The molecule has 0 saturated heterocycles. The molecule has 0 atom stereocenters. The fraction of sp³-hybridized carbons (Fsp3) is 0.182. The molecule has 0 aliphatic heterocycles. The maximum absolute atomic E-state index is 10.8. The third-order valence-electron chi connectivity index (χ3n) is 1.91. The standard InChI is InChI=1S/C11H12O3.Ca.2H/c1-8(7-12)6-9-4-2-3-5-10(9)11(13)14;;;/h2-5,12H,1,6-7H2,(H,13,14);;;. The van der Waals surface area contributed by atoms with Crippen molar-refractivity contribution in [1.29, 1.82) is 0 Å². The summed E-state index contributed by atoms with van der Waals surface area (Å²) in [6, 6.07) is 6.72. The van der Waals surface area contributed by atoms with Gasteiger partial charge in [-0.2, -0.15) is 0 Å². The molecule has 0 saturated carbocycles. The Hall–Kier alpha value is -0.350. The number of aromatic carboxylic acids is 1. The van der Waals surface area contributed by atoms with Crippen LogP contribution in [0.25, 0.3) is 0 Å². The van der Waals surface area contributed by atoms with Crippen LogP contribution in [-0.2, 0) is 6.42 Å². The van der Waals surface area contributed by atoms with Crippen LogP contribution in [0.3, 0.4) is 0 Å². The molecule has 78 valence electrons. The Morgan fingerprint density at radius 2 is 1.93 bits per heavy atom. The van der Waals surface area contributed by atoms with Crippen molar-refractivity contribution in [1.82, 2.24) is 0 Å². The van der Waals surface area contributed by atoms with Crippen LogP contribution in [0.2, 0.25) is 0 Å². The van der Waals surface area contributed by atoms with Gasteiger partial charge in [-0.25, -0.2) is 4.79 Å². The number of hydrogen-bond donors (Lipinski definition) is 2. The van der Waals surface area contributed by atoms with Gasteiger partial charge in [0, 0.05) is 0 Å². The predicted octanol–water partition coefficient (Wildman–Crippen LogP) is 0.560. The van der Waals surface area contributed by atoms with Crippen molar-refractivity contribution in [2.45, 2.75) is 6.42 Å². The van der Waals surface area contributed by atoms with Crippen molar-refractivity contribution >= 4 is 43.7 Å². The van der Waals surface area contributed by atoms with Gasteiger partial charge < -0.3 is 10.2 Å². The van der Waals surface area contributed by atoms with E-state index in [4.69, 9.17) is 10.2 Å². The van der Waals surface area contributed by atoms with Crippen LogP contribution in [0.4, 0.5) is 0 Å². The molecule has 0 bridgehead atoms. The molecule has 0 heterocycles. The van der Waals surface area contributed by atoms with E-state index in [2.05, 4.69) is 6.58 Å². The quantitative estimate of drug-likeness (QED) is 0.591. The van der Waals surface area contributed by atoms with E-state index in [0.717, 1.165) is 0 Å². The third-order valence-corrected chi connectivity index (χ3v) is 1.91. The van der Waals surface area contributed by atoms with E-state index >= 15 is 0 Å². The molecule has 0 aliphatic carbocycles. The van der Waals surface area contributed by atoms with Gasteiger partial charge in [0.1, 0.15) is 0 Å². The summed E-state index contributed by atoms with van der Waals surface area (Å²) in [5.41, 5.74) is 1.56. The molecule has 2 N–H and O–H groups in total. The molecular formula is C11H14CaO3. The predicted molar refractivity (Wildman–Crippen MR) is 61.9 cm³/mol. The molecule has 0 radical (unpaired) electrons.